The number of fused-ring (bicyclic) bond motifs is 3. The van der Waals surface area contributed by atoms with Crippen molar-refractivity contribution in [2.24, 2.45) is 4.99 Å². The fraction of sp³-hybridized carbons (Fsp3) is 0.343. The van der Waals surface area contributed by atoms with Crippen LogP contribution in [0.25, 0.3) is 0 Å². The molecule has 4 aromatic rings. The number of nitrogens with one attached hydrogen (secondary N) is 1. The molecule has 3 aliphatic heterocycles. The zero-order valence-corrected chi connectivity index (χ0v) is 27.2. The second-order valence-corrected chi connectivity index (χ2v) is 12.3. The first kappa shape index (κ1) is 31.6. The Kier molecular flexibility index (Phi) is 8.29. The van der Waals surface area contributed by atoms with Crippen molar-refractivity contribution in [2.75, 3.05) is 58.2 Å². The summed E-state index contributed by atoms with van der Waals surface area (Å²) in [5, 5.41) is 11.6. The van der Waals surface area contributed by atoms with Gasteiger partial charge in [-0.25, -0.2) is 10.1 Å². The minimum atomic E-state index is -1.04. The summed E-state index contributed by atoms with van der Waals surface area (Å²) in [6.45, 7) is 0.464. The molecule has 2 saturated heterocycles. The van der Waals surface area contributed by atoms with Crippen LogP contribution in [0.1, 0.15) is 23.1 Å². The summed E-state index contributed by atoms with van der Waals surface area (Å²) < 4.78 is 31.2. The number of benzene rings is 3. The van der Waals surface area contributed by atoms with Gasteiger partial charge in [-0.05, 0) is 41.0 Å². The van der Waals surface area contributed by atoms with Gasteiger partial charge in [-0.15, -0.1) is 0 Å². The lowest BCUT2D eigenvalue weighted by Gasteiger charge is -2.40. The topological polar surface area (TPSA) is 134 Å². The molecule has 0 spiro atoms. The van der Waals surface area contributed by atoms with Gasteiger partial charge in [-0.3, -0.25) is 15.0 Å². The van der Waals surface area contributed by atoms with Crippen molar-refractivity contribution in [3.63, 3.8) is 0 Å². The van der Waals surface area contributed by atoms with Crippen LogP contribution < -0.4 is 25.0 Å². The van der Waals surface area contributed by atoms with Gasteiger partial charge in [0.25, 0.3) is 5.56 Å². The zero-order valence-electron chi connectivity index (χ0n) is 27.2. The van der Waals surface area contributed by atoms with Crippen LogP contribution in [-0.4, -0.2) is 92.5 Å². The van der Waals surface area contributed by atoms with Gasteiger partial charge >= 0.3 is 0 Å². The summed E-state index contributed by atoms with van der Waals surface area (Å²) in [6.07, 6.45) is 1.09. The lowest BCUT2D eigenvalue weighted by Crippen LogP contribution is -2.50. The second kappa shape index (κ2) is 12.6. The molecular weight excluding hydrogens is 616 g/mol. The molecule has 48 heavy (non-hydrogen) atoms. The molecule has 3 atom stereocenters. The van der Waals surface area contributed by atoms with Crippen LogP contribution in [0.4, 0.5) is 17.5 Å². The molecule has 2 bridgehead atoms. The number of ether oxygens (including phenoxy) is 5. The Hall–Kier alpha value is -4.95. The predicted molar refractivity (Wildman–Crippen MR) is 179 cm³/mol. The summed E-state index contributed by atoms with van der Waals surface area (Å²) in [4.78, 5) is 27.8. The molecule has 13 nitrogen and oxygen atoms in total. The van der Waals surface area contributed by atoms with Gasteiger partial charge in [-0.2, -0.15) is 4.98 Å². The number of nitrogens with zero attached hydrogens (tertiary/aromatic N) is 5. The van der Waals surface area contributed by atoms with Crippen molar-refractivity contribution in [2.45, 2.75) is 30.0 Å². The normalized spacial score (nSPS) is 21.6. The summed E-state index contributed by atoms with van der Waals surface area (Å²) in [6, 6.07) is 25.8. The maximum atomic E-state index is 12.9. The standard InChI is InChI=1S/C35H38N6O7/c1-39(2)21-36-33-37-30-29(31(42)38-33)41(43)22-40(30)32-28-18-34(48-32,19-46-28)20-47-35(23-8-6-5-7-9-23,24-10-14-26(44-3)15-11-24)25-12-16-27(45-4)17-13-25/h5-17,21,28,32,43H,18-20,22H2,1-4H3,(H,37,38,42)/t28-,32+,34-/m0/s1. The van der Waals surface area contributed by atoms with Gasteiger partial charge < -0.3 is 33.5 Å². The maximum Gasteiger partial charge on any atom is 0.280 e. The zero-order chi connectivity index (χ0) is 33.5. The molecule has 0 radical (unpaired) electrons. The third-order valence-corrected chi connectivity index (χ3v) is 8.95. The third kappa shape index (κ3) is 5.54. The molecule has 4 heterocycles. The first-order valence-electron chi connectivity index (χ1n) is 15.6. The molecule has 7 rings (SSSR count). The van der Waals surface area contributed by atoms with Crippen LogP contribution in [0.3, 0.4) is 0 Å². The lowest BCUT2D eigenvalue weighted by molar-refractivity contribution is -0.176. The highest BCUT2D eigenvalue weighted by molar-refractivity contribution is 5.72. The molecule has 0 amide bonds. The largest absolute Gasteiger partial charge is 0.497 e. The molecule has 250 valence electrons. The molecular formula is C35H38N6O7. The molecule has 0 unspecified atom stereocenters. The average Bonchev–Trinajstić information content (AvgIpc) is 3.80. The number of aromatic amines is 1. The minimum Gasteiger partial charge on any atom is -0.497 e. The monoisotopic (exact) mass is 654 g/mol. The first-order valence-corrected chi connectivity index (χ1v) is 15.6. The van der Waals surface area contributed by atoms with Crippen molar-refractivity contribution in [3.8, 4) is 11.5 Å². The van der Waals surface area contributed by atoms with Gasteiger partial charge in [0, 0.05) is 20.5 Å². The lowest BCUT2D eigenvalue weighted by atomic mass is 9.79. The van der Waals surface area contributed by atoms with E-state index in [1.165, 1.54) is 6.34 Å². The Morgan fingerprint density at radius 2 is 1.65 bits per heavy atom. The summed E-state index contributed by atoms with van der Waals surface area (Å²) >= 11 is 0. The Morgan fingerprint density at radius 1 is 1.02 bits per heavy atom. The van der Waals surface area contributed by atoms with Gasteiger partial charge in [0.15, 0.2) is 17.7 Å². The Balaban J connectivity index is 1.24. The van der Waals surface area contributed by atoms with Crippen LogP contribution >= 0.6 is 0 Å². The minimum absolute atomic E-state index is 0.0255. The van der Waals surface area contributed by atoms with Crippen LogP contribution in [0.5, 0.6) is 11.5 Å². The van der Waals surface area contributed by atoms with Crippen molar-refractivity contribution in [1.29, 1.82) is 0 Å². The number of aromatic nitrogens is 2. The smallest absolute Gasteiger partial charge is 0.280 e. The number of H-pyrrole nitrogens is 1. The fourth-order valence-electron chi connectivity index (χ4n) is 6.64. The number of methoxy groups -OCH3 is 2. The quantitative estimate of drug-likeness (QED) is 0.139. The fourth-order valence-corrected chi connectivity index (χ4v) is 6.64. The Labute approximate surface area is 277 Å². The molecule has 0 aliphatic carbocycles. The summed E-state index contributed by atoms with van der Waals surface area (Å²) in [5.41, 5.74) is 0.400. The van der Waals surface area contributed by atoms with Crippen molar-refractivity contribution >= 4 is 23.8 Å². The van der Waals surface area contributed by atoms with Crippen LogP contribution in [0, 0.1) is 0 Å². The number of aliphatic imine (C=N–C) groups is 1. The van der Waals surface area contributed by atoms with Crippen molar-refractivity contribution in [3.05, 3.63) is 106 Å². The Morgan fingerprint density at radius 3 is 2.25 bits per heavy atom. The number of hydrogen-bond acceptors (Lipinski definition) is 11. The van der Waals surface area contributed by atoms with E-state index in [1.807, 2.05) is 80.8 Å². The average molecular weight is 655 g/mol. The maximum absolute atomic E-state index is 12.9. The van der Waals surface area contributed by atoms with Crippen LogP contribution in [0.2, 0.25) is 0 Å². The van der Waals surface area contributed by atoms with E-state index in [4.69, 9.17) is 23.7 Å². The first-order chi connectivity index (χ1) is 23.2. The number of hydrogen-bond donors (Lipinski definition) is 2. The van der Waals surface area contributed by atoms with Crippen LogP contribution in [0.15, 0.2) is 88.6 Å². The van der Waals surface area contributed by atoms with Gasteiger partial charge in [0.1, 0.15) is 35.5 Å². The third-order valence-electron chi connectivity index (χ3n) is 8.95. The van der Waals surface area contributed by atoms with E-state index in [9.17, 15) is 10.0 Å². The van der Waals surface area contributed by atoms with E-state index in [0.717, 1.165) is 33.3 Å². The van der Waals surface area contributed by atoms with E-state index in [0.29, 0.717) is 13.0 Å². The highest BCUT2D eigenvalue weighted by Gasteiger charge is 2.58. The van der Waals surface area contributed by atoms with E-state index >= 15 is 0 Å². The van der Waals surface area contributed by atoms with Gasteiger partial charge in [0.2, 0.25) is 5.95 Å². The van der Waals surface area contributed by atoms with E-state index in [-0.39, 0.29) is 36.8 Å². The highest BCUT2D eigenvalue weighted by atomic mass is 16.6. The molecule has 2 fully saturated rings. The van der Waals surface area contributed by atoms with Crippen LogP contribution in [-0.2, 0) is 19.8 Å². The van der Waals surface area contributed by atoms with Crippen molar-refractivity contribution in [1.82, 2.24) is 14.9 Å². The molecule has 3 aliphatic rings. The molecule has 2 N–H and O–H groups in total. The molecule has 13 heteroatoms. The van der Waals surface area contributed by atoms with E-state index in [2.05, 4.69) is 27.1 Å². The summed E-state index contributed by atoms with van der Waals surface area (Å²) in [7, 11) is 6.91. The SMILES string of the molecule is COc1ccc(C(OC[C@@]23CO[C@@H](C2)[C@H](N2CN(O)c4c2nc(N=CN(C)C)[nH]c4=O)O3)(c2ccccc2)c2ccc(OC)cc2)cc1. The van der Waals surface area contributed by atoms with E-state index < -0.39 is 23.0 Å². The highest BCUT2D eigenvalue weighted by Crippen LogP contribution is 2.48. The van der Waals surface area contributed by atoms with Gasteiger partial charge in [0.05, 0.1) is 33.8 Å². The molecule has 0 saturated carbocycles. The Bertz CT molecular complexity index is 1790. The second-order valence-electron chi connectivity index (χ2n) is 12.3. The number of hydroxylamine groups is 1. The van der Waals surface area contributed by atoms with Gasteiger partial charge in [-0.1, -0.05) is 54.6 Å². The predicted octanol–water partition coefficient (Wildman–Crippen LogP) is 3.87. The van der Waals surface area contributed by atoms with Crippen molar-refractivity contribution < 1.29 is 28.9 Å². The van der Waals surface area contributed by atoms with E-state index in [1.54, 1.807) is 24.0 Å². The molecule has 3 aromatic carbocycles. The summed E-state index contributed by atoms with van der Waals surface area (Å²) in [5.74, 6) is 1.84. The molecule has 1 aromatic heterocycles. The number of anilines is 2. The number of rotatable bonds is 11.